The van der Waals surface area contributed by atoms with Crippen LogP contribution in [0.25, 0.3) is 0 Å². The number of carbonyl (C=O) groups is 1. The van der Waals surface area contributed by atoms with E-state index in [4.69, 9.17) is 0 Å². The predicted molar refractivity (Wildman–Crippen MR) is 98.9 cm³/mol. The second kappa shape index (κ2) is 8.12. The first-order chi connectivity index (χ1) is 12.1. The molecule has 1 aliphatic heterocycles. The summed E-state index contributed by atoms with van der Waals surface area (Å²) < 4.78 is 0. The van der Waals surface area contributed by atoms with Crippen LogP contribution in [0.2, 0.25) is 0 Å². The predicted octanol–water partition coefficient (Wildman–Crippen LogP) is 2.74. The van der Waals surface area contributed by atoms with E-state index in [1.54, 1.807) is 17.3 Å². The van der Waals surface area contributed by atoms with Crippen molar-refractivity contribution in [3.63, 3.8) is 0 Å². The number of urea groups is 1. The lowest BCUT2D eigenvalue weighted by Gasteiger charge is -2.23. The number of aromatic nitrogens is 1. The Hall–Kier alpha value is -2.40. The van der Waals surface area contributed by atoms with Crippen molar-refractivity contribution >= 4 is 6.03 Å². The highest BCUT2D eigenvalue weighted by molar-refractivity contribution is 5.74. The van der Waals surface area contributed by atoms with E-state index in [2.05, 4.69) is 46.4 Å². The van der Waals surface area contributed by atoms with Gasteiger partial charge in [0.05, 0.1) is 0 Å². The van der Waals surface area contributed by atoms with Crippen molar-refractivity contribution < 1.29 is 4.79 Å². The van der Waals surface area contributed by atoms with Crippen LogP contribution in [0.5, 0.6) is 0 Å². The fourth-order valence-corrected chi connectivity index (χ4v) is 3.33. The molecule has 1 fully saturated rings. The summed E-state index contributed by atoms with van der Waals surface area (Å²) in [5.41, 5.74) is 2.40. The van der Waals surface area contributed by atoms with Gasteiger partial charge in [0.2, 0.25) is 0 Å². The molecule has 3 rings (SSSR count). The number of hydrogen-bond acceptors (Lipinski definition) is 3. The number of nitrogens with zero attached hydrogens (tertiary/aromatic N) is 3. The molecule has 1 aromatic carbocycles. The number of pyridine rings is 1. The second-order valence-electron chi connectivity index (χ2n) is 6.92. The average Bonchev–Trinajstić information content (AvgIpc) is 2.95. The Morgan fingerprint density at radius 3 is 2.60 bits per heavy atom. The number of benzene rings is 1. The fraction of sp³-hybridized carbons (Fsp3) is 0.400. The van der Waals surface area contributed by atoms with Gasteiger partial charge in [-0.1, -0.05) is 37.3 Å². The molecule has 0 spiro atoms. The van der Waals surface area contributed by atoms with Crippen molar-refractivity contribution in [3.05, 3.63) is 66.0 Å². The van der Waals surface area contributed by atoms with Crippen LogP contribution in [0, 0.1) is 5.92 Å². The monoisotopic (exact) mass is 338 g/mol. The smallest absolute Gasteiger partial charge is 0.317 e. The molecule has 0 bridgehead atoms. The van der Waals surface area contributed by atoms with Crippen LogP contribution >= 0.6 is 0 Å². The van der Waals surface area contributed by atoms with E-state index >= 15 is 0 Å². The van der Waals surface area contributed by atoms with Gasteiger partial charge in [-0.05, 0) is 29.2 Å². The zero-order chi connectivity index (χ0) is 17.6. The van der Waals surface area contributed by atoms with E-state index in [1.165, 1.54) is 5.56 Å². The fourth-order valence-electron chi connectivity index (χ4n) is 3.33. The zero-order valence-electron chi connectivity index (χ0n) is 14.9. The minimum Gasteiger partial charge on any atom is -0.334 e. The van der Waals surface area contributed by atoms with Gasteiger partial charge in [-0.3, -0.25) is 9.88 Å². The first kappa shape index (κ1) is 17.4. The molecule has 132 valence electrons. The van der Waals surface area contributed by atoms with Crippen LogP contribution in [-0.2, 0) is 13.1 Å². The van der Waals surface area contributed by atoms with Crippen molar-refractivity contribution in [2.75, 3.05) is 20.1 Å². The molecule has 2 atom stereocenters. The van der Waals surface area contributed by atoms with Crippen molar-refractivity contribution in [2.45, 2.75) is 26.1 Å². The SMILES string of the molecule is C[C@@H]1CN(Cc2ccccc2)C[C@@H]1NC(=O)N(C)Cc1ccncc1. The number of hydrogen-bond donors (Lipinski definition) is 1. The lowest BCUT2D eigenvalue weighted by atomic mass is 10.1. The molecule has 2 heterocycles. The minimum absolute atomic E-state index is 0.0183. The summed E-state index contributed by atoms with van der Waals surface area (Å²) in [6.45, 7) is 5.63. The normalized spacial score (nSPS) is 20.4. The molecular weight excluding hydrogens is 312 g/mol. The van der Waals surface area contributed by atoms with Gasteiger partial charge in [0.25, 0.3) is 0 Å². The number of rotatable bonds is 5. The summed E-state index contributed by atoms with van der Waals surface area (Å²) in [6, 6.07) is 14.5. The van der Waals surface area contributed by atoms with E-state index < -0.39 is 0 Å². The molecule has 0 radical (unpaired) electrons. The summed E-state index contributed by atoms with van der Waals surface area (Å²) in [7, 11) is 1.83. The summed E-state index contributed by atoms with van der Waals surface area (Å²) in [5, 5.41) is 3.19. The first-order valence-corrected chi connectivity index (χ1v) is 8.78. The molecule has 5 heteroatoms. The summed E-state index contributed by atoms with van der Waals surface area (Å²) >= 11 is 0. The molecular formula is C20H26N4O. The number of likely N-dealkylation sites (tertiary alicyclic amines) is 1. The van der Waals surface area contributed by atoms with E-state index in [9.17, 15) is 4.79 Å². The second-order valence-corrected chi connectivity index (χ2v) is 6.92. The number of carbonyl (C=O) groups excluding carboxylic acids is 1. The number of nitrogens with one attached hydrogen (secondary N) is 1. The van der Waals surface area contributed by atoms with Crippen molar-refractivity contribution in [1.29, 1.82) is 0 Å². The van der Waals surface area contributed by atoms with Gasteiger partial charge in [-0.2, -0.15) is 0 Å². The Labute approximate surface area is 149 Å². The Balaban J connectivity index is 1.51. The summed E-state index contributed by atoms with van der Waals surface area (Å²) in [6.07, 6.45) is 3.50. The zero-order valence-corrected chi connectivity index (χ0v) is 14.9. The Bertz CT molecular complexity index is 677. The summed E-state index contributed by atoms with van der Waals surface area (Å²) in [4.78, 5) is 20.6. The lowest BCUT2D eigenvalue weighted by molar-refractivity contribution is 0.200. The molecule has 1 aliphatic rings. The highest BCUT2D eigenvalue weighted by atomic mass is 16.2. The number of amides is 2. The Morgan fingerprint density at radius 2 is 1.88 bits per heavy atom. The molecule has 1 aromatic heterocycles. The highest BCUT2D eigenvalue weighted by Crippen LogP contribution is 2.19. The van der Waals surface area contributed by atoms with Gasteiger partial charge < -0.3 is 10.2 Å². The third-order valence-electron chi connectivity index (χ3n) is 4.76. The van der Waals surface area contributed by atoms with Crippen LogP contribution in [0.3, 0.4) is 0 Å². The molecule has 2 amide bonds. The van der Waals surface area contributed by atoms with E-state index in [0.29, 0.717) is 12.5 Å². The lowest BCUT2D eigenvalue weighted by Crippen LogP contribution is -2.45. The Kier molecular flexibility index (Phi) is 5.66. The molecule has 2 aromatic rings. The maximum atomic E-state index is 12.5. The largest absolute Gasteiger partial charge is 0.334 e. The van der Waals surface area contributed by atoms with Crippen LogP contribution < -0.4 is 5.32 Å². The van der Waals surface area contributed by atoms with Crippen molar-refractivity contribution in [1.82, 2.24) is 20.1 Å². The topological polar surface area (TPSA) is 48.5 Å². The van der Waals surface area contributed by atoms with Crippen LogP contribution in [0.4, 0.5) is 4.79 Å². The maximum Gasteiger partial charge on any atom is 0.317 e. The third-order valence-corrected chi connectivity index (χ3v) is 4.76. The minimum atomic E-state index is -0.0183. The van der Waals surface area contributed by atoms with Crippen molar-refractivity contribution in [3.8, 4) is 0 Å². The van der Waals surface area contributed by atoms with E-state index in [1.807, 2.05) is 25.2 Å². The standard InChI is InChI=1S/C20H26N4O/c1-16-12-24(14-17-6-4-3-5-7-17)15-19(16)22-20(25)23(2)13-18-8-10-21-11-9-18/h3-11,16,19H,12-15H2,1-2H3,(H,22,25)/t16-,19+/m1/s1. The highest BCUT2D eigenvalue weighted by Gasteiger charge is 2.31. The molecule has 1 N–H and O–H groups in total. The molecule has 25 heavy (non-hydrogen) atoms. The summed E-state index contributed by atoms with van der Waals surface area (Å²) in [5.74, 6) is 0.446. The van der Waals surface area contributed by atoms with Gasteiger partial charge in [0, 0.05) is 51.7 Å². The van der Waals surface area contributed by atoms with E-state index in [-0.39, 0.29) is 12.1 Å². The quantitative estimate of drug-likeness (QED) is 0.912. The first-order valence-electron chi connectivity index (χ1n) is 8.78. The maximum absolute atomic E-state index is 12.5. The van der Waals surface area contributed by atoms with Gasteiger partial charge in [0.15, 0.2) is 0 Å². The molecule has 0 aliphatic carbocycles. The average molecular weight is 338 g/mol. The van der Waals surface area contributed by atoms with Gasteiger partial charge in [-0.25, -0.2) is 4.79 Å². The molecule has 0 unspecified atom stereocenters. The molecule has 0 saturated carbocycles. The molecule has 5 nitrogen and oxygen atoms in total. The van der Waals surface area contributed by atoms with Crippen LogP contribution in [0.15, 0.2) is 54.9 Å². The van der Waals surface area contributed by atoms with Gasteiger partial charge in [0.1, 0.15) is 0 Å². The van der Waals surface area contributed by atoms with Crippen LogP contribution in [-0.4, -0.2) is 47.0 Å². The Morgan fingerprint density at radius 1 is 1.16 bits per heavy atom. The van der Waals surface area contributed by atoms with Gasteiger partial charge >= 0.3 is 6.03 Å². The van der Waals surface area contributed by atoms with E-state index in [0.717, 1.165) is 25.2 Å². The van der Waals surface area contributed by atoms with Gasteiger partial charge in [-0.15, -0.1) is 0 Å². The third kappa shape index (κ3) is 4.79. The van der Waals surface area contributed by atoms with Crippen LogP contribution in [0.1, 0.15) is 18.1 Å². The molecule has 1 saturated heterocycles. The van der Waals surface area contributed by atoms with Crippen molar-refractivity contribution in [2.24, 2.45) is 5.92 Å².